The number of nitrogens with one attached hydrogen (secondary N) is 1. The van der Waals surface area contributed by atoms with Crippen molar-refractivity contribution in [2.24, 2.45) is 0 Å². The fourth-order valence-corrected chi connectivity index (χ4v) is 2.08. The largest absolute Gasteiger partial charge is 0.308 e. The molecule has 1 N–H and O–H groups in total. The molecular formula is C13H15F2N3. The van der Waals surface area contributed by atoms with Crippen LogP contribution in [0.15, 0.2) is 30.5 Å². The molecule has 1 unspecified atom stereocenters. The van der Waals surface area contributed by atoms with E-state index in [0.29, 0.717) is 6.54 Å². The van der Waals surface area contributed by atoms with Gasteiger partial charge in [-0.1, -0.05) is 6.07 Å². The summed E-state index contributed by atoms with van der Waals surface area (Å²) in [6, 6.07) is 5.09. The molecule has 1 heterocycles. The van der Waals surface area contributed by atoms with Crippen molar-refractivity contribution in [2.75, 3.05) is 7.05 Å². The van der Waals surface area contributed by atoms with Crippen LogP contribution >= 0.6 is 0 Å². The average Bonchev–Trinajstić information content (AvgIpc) is 2.82. The first-order valence-electron chi connectivity index (χ1n) is 5.82. The Morgan fingerprint density at radius 2 is 1.94 bits per heavy atom. The lowest BCUT2D eigenvalue weighted by Crippen LogP contribution is -2.23. The van der Waals surface area contributed by atoms with Crippen molar-refractivity contribution >= 4 is 0 Å². The van der Waals surface area contributed by atoms with Crippen LogP contribution in [0.2, 0.25) is 0 Å². The molecule has 1 aromatic carbocycles. The molecule has 96 valence electrons. The second-order valence-electron chi connectivity index (χ2n) is 3.93. The predicted molar refractivity (Wildman–Crippen MR) is 65.2 cm³/mol. The van der Waals surface area contributed by atoms with E-state index in [0.717, 1.165) is 5.69 Å². The van der Waals surface area contributed by atoms with Gasteiger partial charge in [-0.25, -0.2) is 8.78 Å². The van der Waals surface area contributed by atoms with Crippen LogP contribution in [0.3, 0.4) is 0 Å². The van der Waals surface area contributed by atoms with Gasteiger partial charge in [-0.2, -0.15) is 5.10 Å². The lowest BCUT2D eigenvalue weighted by Gasteiger charge is -2.19. The summed E-state index contributed by atoms with van der Waals surface area (Å²) in [6.45, 7) is 2.58. The van der Waals surface area contributed by atoms with Gasteiger partial charge in [-0.3, -0.25) is 4.68 Å². The molecule has 2 rings (SSSR count). The molecule has 0 fully saturated rings. The Kier molecular flexibility index (Phi) is 3.72. The summed E-state index contributed by atoms with van der Waals surface area (Å²) < 4.78 is 29.3. The standard InChI is InChI=1S/C13H15F2N3/c1-3-18-11(7-8-17-18)13(16-2)12-9(14)5-4-6-10(12)15/h4-8,13,16H,3H2,1-2H3. The predicted octanol–water partition coefficient (Wildman–Crippen LogP) is 2.49. The zero-order chi connectivity index (χ0) is 13.1. The van der Waals surface area contributed by atoms with Gasteiger partial charge >= 0.3 is 0 Å². The molecule has 0 bridgehead atoms. The van der Waals surface area contributed by atoms with E-state index in [9.17, 15) is 8.78 Å². The molecule has 0 spiro atoms. The van der Waals surface area contributed by atoms with Crippen LogP contribution in [0.5, 0.6) is 0 Å². The van der Waals surface area contributed by atoms with Gasteiger partial charge in [0.05, 0.1) is 11.7 Å². The van der Waals surface area contributed by atoms with Crippen molar-refractivity contribution in [3.05, 3.63) is 53.4 Å². The monoisotopic (exact) mass is 251 g/mol. The van der Waals surface area contributed by atoms with Crippen molar-refractivity contribution in [2.45, 2.75) is 19.5 Å². The van der Waals surface area contributed by atoms with Crippen molar-refractivity contribution in [1.82, 2.24) is 15.1 Å². The number of nitrogens with zero attached hydrogens (tertiary/aromatic N) is 2. The number of aromatic nitrogens is 2. The lowest BCUT2D eigenvalue weighted by atomic mass is 10.0. The summed E-state index contributed by atoms with van der Waals surface area (Å²) in [5.74, 6) is -1.11. The lowest BCUT2D eigenvalue weighted by molar-refractivity contribution is 0.497. The quantitative estimate of drug-likeness (QED) is 0.904. The van der Waals surface area contributed by atoms with Gasteiger partial charge in [-0.15, -0.1) is 0 Å². The number of hydrogen-bond acceptors (Lipinski definition) is 2. The van der Waals surface area contributed by atoms with Gasteiger partial charge in [0.2, 0.25) is 0 Å². The van der Waals surface area contributed by atoms with Crippen LogP contribution in [0.25, 0.3) is 0 Å². The Morgan fingerprint density at radius 1 is 1.28 bits per heavy atom. The molecule has 1 atom stereocenters. The molecule has 0 aliphatic carbocycles. The topological polar surface area (TPSA) is 29.9 Å². The van der Waals surface area contributed by atoms with E-state index in [-0.39, 0.29) is 5.56 Å². The number of rotatable bonds is 4. The summed E-state index contributed by atoms with van der Waals surface area (Å²) in [5.41, 5.74) is 0.763. The minimum atomic E-state index is -0.557. The minimum Gasteiger partial charge on any atom is -0.308 e. The fraction of sp³-hybridized carbons (Fsp3) is 0.308. The van der Waals surface area contributed by atoms with Crippen LogP contribution in [-0.4, -0.2) is 16.8 Å². The van der Waals surface area contributed by atoms with Crippen LogP contribution in [-0.2, 0) is 6.54 Å². The third-order valence-corrected chi connectivity index (χ3v) is 2.92. The molecular weight excluding hydrogens is 236 g/mol. The maximum absolute atomic E-state index is 13.8. The summed E-state index contributed by atoms with van der Waals surface area (Å²) in [4.78, 5) is 0. The van der Waals surface area contributed by atoms with Crippen LogP contribution < -0.4 is 5.32 Å². The molecule has 18 heavy (non-hydrogen) atoms. The van der Waals surface area contributed by atoms with Crippen LogP contribution in [0.1, 0.15) is 24.2 Å². The normalized spacial score (nSPS) is 12.7. The van der Waals surface area contributed by atoms with Crippen molar-refractivity contribution < 1.29 is 8.78 Å². The number of hydrogen-bond donors (Lipinski definition) is 1. The van der Waals surface area contributed by atoms with E-state index in [1.807, 2.05) is 6.92 Å². The second kappa shape index (κ2) is 5.27. The van der Waals surface area contributed by atoms with Gasteiger partial charge in [0, 0.05) is 18.3 Å². The van der Waals surface area contributed by atoms with Crippen molar-refractivity contribution in [3.8, 4) is 0 Å². The number of benzene rings is 1. The maximum atomic E-state index is 13.8. The Bertz CT molecular complexity index is 517. The van der Waals surface area contributed by atoms with Crippen molar-refractivity contribution in [1.29, 1.82) is 0 Å². The highest BCUT2D eigenvalue weighted by molar-refractivity contribution is 5.30. The van der Waals surface area contributed by atoms with E-state index in [1.165, 1.54) is 18.2 Å². The SMILES string of the molecule is CCn1nccc1C(NC)c1c(F)cccc1F. The summed E-state index contributed by atoms with van der Waals surface area (Å²) in [7, 11) is 1.67. The third kappa shape index (κ3) is 2.13. The summed E-state index contributed by atoms with van der Waals surface area (Å²) in [6.07, 6.45) is 1.63. The first-order valence-corrected chi connectivity index (χ1v) is 5.82. The van der Waals surface area contributed by atoms with Crippen LogP contribution in [0.4, 0.5) is 8.78 Å². The molecule has 0 aliphatic heterocycles. The Hall–Kier alpha value is -1.75. The van der Waals surface area contributed by atoms with Gasteiger partial charge in [0.15, 0.2) is 0 Å². The van der Waals surface area contributed by atoms with Gasteiger partial charge < -0.3 is 5.32 Å². The first-order chi connectivity index (χ1) is 8.69. The van der Waals surface area contributed by atoms with Crippen molar-refractivity contribution in [3.63, 3.8) is 0 Å². The molecule has 5 heteroatoms. The highest BCUT2D eigenvalue weighted by Crippen LogP contribution is 2.26. The number of halogens is 2. The fourth-order valence-electron chi connectivity index (χ4n) is 2.08. The van der Waals surface area contributed by atoms with E-state index in [4.69, 9.17) is 0 Å². The molecule has 0 radical (unpaired) electrons. The molecule has 0 saturated heterocycles. The van der Waals surface area contributed by atoms with E-state index >= 15 is 0 Å². The van der Waals surface area contributed by atoms with Gasteiger partial charge in [0.1, 0.15) is 11.6 Å². The molecule has 0 aliphatic rings. The first kappa shape index (κ1) is 12.7. The molecule has 2 aromatic rings. The summed E-state index contributed by atoms with van der Waals surface area (Å²) in [5, 5.41) is 7.06. The zero-order valence-electron chi connectivity index (χ0n) is 10.3. The smallest absolute Gasteiger partial charge is 0.131 e. The van der Waals surface area contributed by atoms with E-state index < -0.39 is 17.7 Å². The molecule has 0 amide bonds. The van der Waals surface area contributed by atoms with Gasteiger partial charge in [0.25, 0.3) is 0 Å². The molecule has 3 nitrogen and oxygen atoms in total. The molecule has 1 aromatic heterocycles. The Morgan fingerprint density at radius 3 is 2.50 bits per heavy atom. The average molecular weight is 251 g/mol. The Balaban J connectivity index is 2.52. The highest BCUT2D eigenvalue weighted by atomic mass is 19.1. The zero-order valence-corrected chi connectivity index (χ0v) is 10.3. The maximum Gasteiger partial charge on any atom is 0.131 e. The number of aryl methyl sites for hydroxylation is 1. The molecule has 0 saturated carbocycles. The summed E-state index contributed by atoms with van der Waals surface area (Å²) >= 11 is 0. The highest BCUT2D eigenvalue weighted by Gasteiger charge is 2.22. The third-order valence-electron chi connectivity index (χ3n) is 2.92. The second-order valence-corrected chi connectivity index (χ2v) is 3.93. The van der Waals surface area contributed by atoms with Crippen LogP contribution in [0, 0.1) is 11.6 Å². The van der Waals surface area contributed by atoms with E-state index in [2.05, 4.69) is 10.4 Å². The van der Waals surface area contributed by atoms with Gasteiger partial charge in [-0.05, 0) is 32.2 Å². The van der Waals surface area contributed by atoms with E-state index in [1.54, 1.807) is 24.0 Å². The minimum absolute atomic E-state index is 0.0233. The Labute approximate surface area is 104 Å².